The molecular weight excluding hydrogens is 226 g/mol. The average Bonchev–Trinajstić information content (AvgIpc) is 1.72. The van der Waals surface area contributed by atoms with Crippen LogP contribution in [0.15, 0.2) is 0 Å². The van der Waals surface area contributed by atoms with Crippen molar-refractivity contribution in [3.8, 4) is 0 Å². The first-order valence-corrected chi connectivity index (χ1v) is 3.28. The fourth-order valence-electron chi connectivity index (χ4n) is 0. The summed E-state index contributed by atoms with van der Waals surface area (Å²) in [5.74, 6) is 0. The van der Waals surface area contributed by atoms with Crippen molar-refractivity contribution in [2.75, 3.05) is 0 Å². The molecule has 0 heterocycles. The van der Waals surface area contributed by atoms with Crippen LogP contribution in [0, 0.1) is 0 Å². The van der Waals surface area contributed by atoms with E-state index < -0.39 is 0 Å². The molecule has 0 amide bonds. The molecule has 0 rings (SSSR count). The Labute approximate surface area is 75.0 Å². The van der Waals surface area contributed by atoms with Crippen LogP contribution in [0.4, 0.5) is 0 Å². The SMILES string of the molecule is CCCC.O.[AlH3].[O]=[Sn]. The van der Waals surface area contributed by atoms with Gasteiger partial charge in [-0.25, -0.2) is 0 Å². The van der Waals surface area contributed by atoms with Gasteiger partial charge >= 0.3 is 25.6 Å². The van der Waals surface area contributed by atoms with E-state index in [2.05, 4.69) is 13.8 Å². The van der Waals surface area contributed by atoms with E-state index in [1.807, 2.05) is 0 Å². The van der Waals surface area contributed by atoms with Gasteiger partial charge < -0.3 is 5.48 Å². The zero-order chi connectivity index (χ0) is 5.41. The first-order valence-electron chi connectivity index (χ1n) is 2.12. The molecule has 0 aromatic heterocycles. The maximum absolute atomic E-state index is 8.34. The maximum atomic E-state index is 8.34. The fraction of sp³-hybridized carbons (Fsp3) is 1.00. The van der Waals surface area contributed by atoms with Crippen molar-refractivity contribution < 1.29 is 8.55 Å². The van der Waals surface area contributed by atoms with Crippen LogP contribution >= 0.6 is 0 Å². The predicted octanol–water partition coefficient (Wildman–Crippen LogP) is -0.702. The molecule has 0 saturated heterocycles. The molecule has 0 aliphatic rings. The monoisotopic (exact) mass is 242 g/mol. The molecule has 8 heavy (non-hydrogen) atoms. The molecule has 4 heteroatoms. The summed E-state index contributed by atoms with van der Waals surface area (Å²) in [4.78, 5) is 0. The van der Waals surface area contributed by atoms with Crippen LogP contribution in [0.5, 0.6) is 0 Å². The Morgan fingerprint density at radius 1 is 1.12 bits per heavy atom. The summed E-state index contributed by atoms with van der Waals surface area (Å²) in [6.45, 7) is 4.36. The van der Waals surface area contributed by atoms with E-state index in [1.165, 1.54) is 12.8 Å². The van der Waals surface area contributed by atoms with Gasteiger partial charge in [-0.15, -0.1) is 0 Å². The zero-order valence-electron chi connectivity index (χ0n) is 4.82. The molecule has 0 aliphatic heterocycles. The van der Waals surface area contributed by atoms with Gasteiger partial charge in [0.2, 0.25) is 0 Å². The first-order chi connectivity index (χ1) is 2.91. The molecule has 0 fully saturated rings. The number of hydrogen-bond acceptors (Lipinski definition) is 1. The Kier molecular flexibility index (Phi) is 122. The minimum atomic E-state index is 0. The minimum absolute atomic E-state index is 0. The topological polar surface area (TPSA) is 48.6 Å². The van der Waals surface area contributed by atoms with Crippen molar-refractivity contribution in [3.05, 3.63) is 0 Å². The summed E-state index contributed by atoms with van der Waals surface area (Å²) >= 11 is 0.300. The Hall–Kier alpha value is 1.09. The van der Waals surface area contributed by atoms with Crippen molar-refractivity contribution >= 4 is 39.9 Å². The van der Waals surface area contributed by atoms with Crippen molar-refractivity contribution in [1.82, 2.24) is 0 Å². The molecule has 2 radical (unpaired) electrons. The second-order valence-electron chi connectivity index (χ2n) is 1.000. The third-order valence-corrected chi connectivity index (χ3v) is 0.500. The van der Waals surface area contributed by atoms with Crippen LogP contribution < -0.4 is 0 Å². The summed E-state index contributed by atoms with van der Waals surface area (Å²) in [5, 5.41) is 0. The van der Waals surface area contributed by atoms with Crippen LogP contribution in [-0.2, 0) is 3.08 Å². The molecular formula is C4H15AlO2Sn. The molecule has 2 N–H and O–H groups in total. The number of unbranched alkanes of at least 4 members (excludes halogenated alkanes) is 1. The van der Waals surface area contributed by atoms with Crippen molar-refractivity contribution in [2.24, 2.45) is 0 Å². The van der Waals surface area contributed by atoms with Crippen LogP contribution in [0.1, 0.15) is 26.7 Å². The first kappa shape index (κ1) is 23.0. The van der Waals surface area contributed by atoms with Crippen LogP contribution in [-0.4, -0.2) is 45.3 Å². The molecule has 0 aliphatic carbocycles. The Bertz CT molecular complexity index is 21.5. The van der Waals surface area contributed by atoms with Crippen molar-refractivity contribution in [2.45, 2.75) is 26.7 Å². The predicted molar refractivity (Wildman–Crippen MR) is 40.6 cm³/mol. The summed E-state index contributed by atoms with van der Waals surface area (Å²) in [7, 11) is 0. The van der Waals surface area contributed by atoms with Gasteiger partial charge in [0, 0.05) is 0 Å². The molecule has 0 unspecified atom stereocenters. The van der Waals surface area contributed by atoms with Crippen molar-refractivity contribution in [1.29, 1.82) is 0 Å². The Balaban J connectivity index is -0.0000000183. The van der Waals surface area contributed by atoms with Gasteiger partial charge in [0.25, 0.3) is 0 Å². The zero-order valence-corrected chi connectivity index (χ0v) is 7.68. The number of hydrogen-bond donors (Lipinski definition) is 0. The van der Waals surface area contributed by atoms with E-state index in [4.69, 9.17) is 3.08 Å². The van der Waals surface area contributed by atoms with Gasteiger partial charge in [-0.3, -0.25) is 0 Å². The van der Waals surface area contributed by atoms with Crippen LogP contribution in [0.25, 0.3) is 0 Å². The summed E-state index contributed by atoms with van der Waals surface area (Å²) in [6, 6.07) is 0. The molecule has 0 aromatic carbocycles. The van der Waals surface area contributed by atoms with Gasteiger partial charge in [-0.2, -0.15) is 0 Å². The van der Waals surface area contributed by atoms with E-state index in [9.17, 15) is 0 Å². The van der Waals surface area contributed by atoms with Gasteiger partial charge in [-0.1, -0.05) is 26.7 Å². The van der Waals surface area contributed by atoms with E-state index in [1.54, 1.807) is 0 Å². The molecule has 0 saturated carbocycles. The second kappa shape index (κ2) is 42.6. The quantitative estimate of drug-likeness (QED) is 0.560. The number of rotatable bonds is 1. The average molecular weight is 241 g/mol. The van der Waals surface area contributed by atoms with Crippen LogP contribution in [0.3, 0.4) is 0 Å². The van der Waals surface area contributed by atoms with Crippen molar-refractivity contribution in [3.63, 3.8) is 0 Å². The van der Waals surface area contributed by atoms with Gasteiger partial charge in [-0.05, 0) is 0 Å². The molecule has 0 aromatic rings. The second-order valence-corrected chi connectivity index (χ2v) is 1.000. The third kappa shape index (κ3) is 60.2. The van der Waals surface area contributed by atoms with E-state index in [0.717, 1.165) is 0 Å². The Morgan fingerprint density at radius 2 is 1.25 bits per heavy atom. The van der Waals surface area contributed by atoms with Crippen LogP contribution in [0.2, 0.25) is 0 Å². The standard InChI is InChI=1S/C4H10.Al.H2O.O.Sn.3H/c1-3-4-2;;;;;;;/h3-4H2,1-2H3;;1H2;;;;;. The van der Waals surface area contributed by atoms with E-state index in [-0.39, 0.29) is 22.8 Å². The molecule has 2 nitrogen and oxygen atoms in total. The van der Waals surface area contributed by atoms with Gasteiger partial charge in [0.15, 0.2) is 17.4 Å². The molecule has 0 atom stereocenters. The third-order valence-electron chi connectivity index (χ3n) is 0.500. The summed E-state index contributed by atoms with van der Waals surface area (Å²) in [5.41, 5.74) is 0. The molecule has 0 bridgehead atoms. The summed E-state index contributed by atoms with van der Waals surface area (Å²) < 4.78 is 8.34. The van der Waals surface area contributed by atoms with E-state index in [0.29, 0.717) is 22.5 Å². The van der Waals surface area contributed by atoms with Gasteiger partial charge in [0.1, 0.15) is 0 Å². The molecule has 50 valence electrons. The fourth-order valence-corrected chi connectivity index (χ4v) is 0. The van der Waals surface area contributed by atoms with Gasteiger partial charge in [0.05, 0.1) is 0 Å². The molecule has 0 spiro atoms. The van der Waals surface area contributed by atoms with E-state index >= 15 is 0 Å². The summed E-state index contributed by atoms with van der Waals surface area (Å²) in [6.07, 6.45) is 2.64. The Morgan fingerprint density at radius 3 is 1.25 bits per heavy atom. The normalized spacial score (nSPS) is 4.25.